The van der Waals surface area contributed by atoms with Gasteiger partial charge in [0.05, 0.1) is 0 Å². The molecule has 0 bridgehead atoms. The second kappa shape index (κ2) is 4.09. The average Bonchev–Trinajstić information content (AvgIpc) is 2.05. The molecule has 4 nitrogen and oxygen atoms in total. The Bertz CT molecular complexity index is 187. The summed E-state index contributed by atoms with van der Waals surface area (Å²) in [6, 6.07) is 0. The highest BCUT2D eigenvalue weighted by Gasteiger charge is 2.16. The van der Waals surface area contributed by atoms with Gasteiger partial charge in [0.1, 0.15) is 6.34 Å². The first kappa shape index (κ1) is 9.03. The molecule has 1 unspecified atom stereocenters. The molecule has 12 heavy (non-hydrogen) atoms. The molecule has 1 rings (SSSR count). The molecule has 1 aliphatic rings. The molecule has 0 spiro atoms. The van der Waals surface area contributed by atoms with Crippen molar-refractivity contribution < 1.29 is 0 Å². The summed E-state index contributed by atoms with van der Waals surface area (Å²) in [6.07, 6.45) is 3.44. The van der Waals surface area contributed by atoms with E-state index in [1.807, 2.05) is 4.90 Å². The largest absolute Gasteiger partial charge is 0.369 e. The van der Waals surface area contributed by atoms with Crippen LogP contribution in [0, 0.1) is 11.3 Å². The number of hydrogen-bond acceptors (Lipinski definition) is 1. The summed E-state index contributed by atoms with van der Waals surface area (Å²) in [4.78, 5) is 5.79. The third-order valence-electron chi connectivity index (χ3n) is 2.18. The lowest BCUT2D eigenvalue weighted by atomic mass is 10.0. The van der Waals surface area contributed by atoms with Crippen LogP contribution in [0.2, 0.25) is 0 Å². The van der Waals surface area contributed by atoms with Gasteiger partial charge >= 0.3 is 0 Å². The molecule has 3 N–H and O–H groups in total. The summed E-state index contributed by atoms with van der Waals surface area (Å²) in [6.45, 7) is 4.17. The Balaban J connectivity index is 2.50. The lowest BCUT2D eigenvalue weighted by Crippen LogP contribution is -2.43. The quantitative estimate of drug-likeness (QED) is 0.445. The van der Waals surface area contributed by atoms with E-state index in [-0.39, 0.29) is 0 Å². The monoisotopic (exact) mass is 168 g/mol. The molecule has 0 aromatic carbocycles. The zero-order valence-corrected chi connectivity index (χ0v) is 7.45. The summed E-state index contributed by atoms with van der Waals surface area (Å²) in [5.41, 5.74) is 5.65. The second-order valence-corrected chi connectivity index (χ2v) is 3.31. The Morgan fingerprint density at radius 1 is 1.75 bits per heavy atom. The minimum Gasteiger partial charge on any atom is -0.369 e. The number of likely N-dealkylation sites (tertiary alicyclic amines) is 1. The standard InChI is InChI=1S/C8H16N4/c1-7-3-2-4-12(5-7)8(10)11-6-9/h6-7H,2-5H2,1H3,(H3,9,10,11). The van der Waals surface area contributed by atoms with Crippen LogP contribution in [0.15, 0.2) is 4.99 Å². The van der Waals surface area contributed by atoms with Crippen molar-refractivity contribution >= 4 is 12.3 Å². The summed E-state index contributed by atoms with van der Waals surface area (Å²) in [7, 11) is 0. The molecule has 68 valence electrons. The average molecular weight is 168 g/mol. The van der Waals surface area contributed by atoms with Crippen molar-refractivity contribution in [2.75, 3.05) is 13.1 Å². The van der Waals surface area contributed by atoms with Gasteiger partial charge in [-0.2, -0.15) is 0 Å². The van der Waals surface area contributed by atoms with Crippen molar-refractivity contribution in [2.24, 2.45) is 16.6 Å². The van der Waals surface area contributed by atoms with Crippen LogP contribution in [-0.2, 0) is 0 Å². The van der Waals surface area contributed by atoms with E-state index in [4.69, 9.17) is 11.1 Å². The molecule has 0 radical (unpaired) electrons. The van der Waals surface area contributed by atoms with Crippen molar-refractivity contribution in [1.82, 2.24) is 4.90 Å². The molecule has 1 saturated heterocycles. The van der Waals surface area contributed by atoms with Crippen LogP contribution in [0.25, 0.3) is 0 Å². The number of guanidine groups is 1. The molecule has 1 atom stereocenters. The maximum Gasteiger partial charge on any atom is 0.197 e. The van der Waals surface area contributed by atoms with Crippen molar-refractivity contribution in [1.29, 1.82) is 5.41 Å². The third kappa shape index (κ3) is 2.22. The molecule has 0 aliphatic carbocycles. The van der Waals surface area contributed by atoms with E-state index in [0.29, 0.717) is 11.9 Å². The van der Waals surface area contributed by atoms with Gasteiger partial charge in [-0.1, -0.05) is 6.92 Å². The molecule has 1 fully saturated rings. The number of nitrogens with zero attached hydrogens (tertiary/aromatic N) is 2. The predicted octanol–water partition coefficient (Wildman–Crippen LogP) is 0.640. The summed E-state index contributed by atoms with van der Waals surface area (Å²) >= 11 is 0. The molecule has 1 aliphatic heterocycles. The van der Waals surface area contributed by atoms with E-state index < -0.39 is 0 Å². The van der Waals surface area contributed by atoms with Gasteiger partial charge in [0.15, 0.2) is 5.96 Å². The molecular formula is C8H16N4. The Hall–Kier alpha value is -1.06. The Morgan fingerprint density at radius 2 is 2.50 bits per heavy atom. The Morgan fingerprint density at radius 3 is 3.08 bits per heavy atom. The number of aliphatic imine (C=N–C) groups is 1. The zero-order chi connectivity index (χ0) is 8.97. The summed E-state index contributed by atoms with van der Waals surface area (Å²) < 4.78 is 0. The topological polar surface area (TPSA) is 65.5 Å². The summed E-state index contributed by atoms with van der Waals surface area (Å²) in [5.74, 6) is 1.18. The van der Waals surface area contributed by atoms with Gasteiger partial charge in [-0.3, -0.25) is 5.41 Å². The van der Waals surface area contributed by atoms with Crippen LogP contribution in [0.1, 0.15) is 19.8 Å². The molecule has 0 aromatic rings. The van der Waals surface area contributed by atoms with Crippen LogP contribution >= 0.6 is 0 Å². The number of nitrogens with one attached hydrogen (secondary N) is 1. The number of rotatable bonds is 1. The predicted molar refractivity (Wildman–Crippen MR) is 50.4 cm³/mol. The Labute approximate surface area is 73.0 Å². The number of nitrogens with two attached hydrogens (primary N) is 1. The van der Waals surface area contributed by atoms with Crippen LogP contribution in [0.5, 0.6) is 0 Å². The maximum absolute atomic E-state index is 6.78. The van der Waals surface area contributed by atoms with E-state index in [9.17, 15) is 0 Å². The fourth-order valence-corrected chi connectivity index (χ4v) is 1.55. The third-order valence-corrected chi connectivity index (χ3v) is 2.18. The maximum atomic E-state index is 6.78. The van der Waals surface area contributed by atoms with Gasteiger partial charge in [0, 0.05) is 13.1 Å². The first-order chi connectivity index (χ1) is 5.74. The van der Waals surface area contributed by atoms with Crippen molar-refractivity contribution in [3.63, 3.8) is 0 Å². The number of piperidine rings is 1. The van der Waals surface area contributed by atoms with Gasteiger partial charge in [-0.25, -0.2) is 4.99 Å². The lowest BCUT2D eigenvalue weighted by Gasteiger charge is -2.31. The minimum absolute atomic E-state index is 0.483. The fourth-order valence-electron chi connectivity index (χ4n) is 1.55. The highest BCUT2D eigenvalue weighted by Crippen LogP contribution is 2.14. The van der Waals surface area contributed by atoms with Gasteiger partial charge in [0.2, 0.25) is 0 Å². The highest BCUT2D eigenvalue weighted by atomic mass is 15.3. The van der Waals surface area contributed by atoms with Crippen LogP contribution in [0.4, 0.5) is 0 Å². The molecule has 0 aromatic heterocycles. The minimum atomic E-state index is 0.483. The zero-order valence-electron chi connectivity index (χ0n) is 7.45. The second-order valence-electron chi connectivity index (χ2n) is 3.31. The van der Waals surface area contributed by atoms with E-state index in [1.165, 1.54) is 12.8 Å². The first-order valence-corrected chi connectivity index (χ1v) is 4.31. The lowest BCUT2D eigenvalue weighted by molar-refractivity contribution is 0.271. The first-order valence-electron chi connectivity index (χ1n) is 4.31. The van der Waals surface area contributed by atoms with Gasteiger partial charge in [0.25, 0.3) is 0 Å². The molecular weight excluding hydrogens is 152 g/mol. The van der Waals surface area contributed by atoms with Gasteiger partial charge < -0.3 is 10.6 Å². The summed E-state index contributed by atoms with van der Waals surface area (Å²) in [5, 5.41) is 6.78. The van der Waals surface area contributed by atoms with Gasteiger partial charge in [-0.15, -0.1) is 0 Å². The van der Waals surface area contributed by atoms with Crippen molar-refractivity contribution in [3.8, 4) is 0 Å². The normalized spacial score (nSPS) is 25.6. The van der Waals surface area contributed by atoms with E-state index >= 15 is 0 Å². The smallest absolute Gasteiger partial charge is 0.197 e. The SMILES string of the molecule is CC1CCCN(C(N)=NC=N)C1. The van der Waals surface area contributed by atoms with E-state index in [0.717, 1.165) is 19.4 Å². The molecule has 1 heterocycles. The van der Waals surface area contributed by atoms with Crippen LogP contribution in [-0.4, -0.2) is 30.3 Å². The molecule has 0 amide bonds. The molecule has 4 heteroatoms. The van der Waals surface area contributed by atoms with Crippen molar-refractivity contribution in [2.45, 2.75) is 19.8 Å². The number of hydrogen-bond donors (Lipinski definition) is 2. The van der Waals surface area contributed by atoms with Crippen molar-refractivity contribution in [3.05, 3.63) is 0 Å². The Kier molecular flexibility index (Phi) is 3.08. The van der Waals surface area contributed by atoms with E-state index in [1.54, 1.807) is 0 Å². The molecule has 0 saturated carbocycles. The highest BCUT2D eigenvalue weighted by molar-refractivity contribution is 5.84. The van der Waals surface area contributed by atoms with Gasteiger partial charge in [-0.05, 0) is 18.8 Å². The van der Waals surface area contributed by atoms with E-state index in [2.05, 4.69) is 11.9 Å². The fraction of sp³-hybridized carbons (Fsp3) is 0.750. The van der Waals surface area contributed by atoms with Crippen LogP contribution in [0.3, 0.4) is 0 Å². The van der Waals surface area contributed by atoms with Crippen LogP contribution < -0.4 is 5.73 Å².